The van der Waals surface area contributed by atoms with E-state index in [2.05, 4.69) is 55.4 Å². The monoisotopic (exact) mass is 290 g/mol. The highest BCUT2D eigenvalue weighted by molar-refractivity contribution is 5.27. The highest BCUT2D eigenvalue weighted by Crippen LogP contribution is 2.26. The Hall–Kier alpha value is -1.06. The molecule has 1 aliphatic carbocycles. The fraction of sp³-hybridized carbons (Fsp3) is 0.667. The van der Waals surface area contributed by atoms with Gasteiger partial charge in [0.2, 0.25) is 0 Å². The van der Waals surface area contributed by atoms with E-state index in [4.69, 9.17) is 4.74 Å². The second-order valence-electron chi connectivity index (χ2n) is 6.59. The van der Waals surface area contributed by atoms with Gasteiger partial charge in [-0.15, -0.1) is 0 Å². The molecule has 1 N–H and O–H groups in total. The highest BCUT2D eigenvalue weighted by atomic mass is 16.5. The fourth-order valence-corrected chi connectivity index (χ4v) is 2.55. The van der Waals surface area contributed by atoms with Gasteiger partial charge in [-0.3, -0.25) is 0 Å². The Labute approximate surface area is 129 Å². The first-order chi connectivity index (χ1) is 10.1. The van der Waals surface area contributed by atoms with Crippen molar-refractivity contribution in [1.82, 2.24) is 10.2 Å². The predicted molar refractivity (Wildman–Crippen MR) is 88.8 cm³/mol. The fourth-order valence-electron chi connectivity index (χ4n) is 2.55. The molecule has 0 radical (unpaired) electrons. The van der Waals surface area contributed by atoms with E-state index in [9.17, 15) is 0 Å². The zero-order chi connectivity index (χ0) is 15.1. The van der Waals surface area contributed by atoms with E-state index in [0.29, 0.717) is 6.04 Å². The summed E-state index contributed by atoms with van der Waals surface area (Å²) in [4.78, 5) is 2.39. The third-order valence-electron chi connectivity index (χ3n) is 4.17. The topological polar surface area (TPSA) is 24.5 Å². The Morgan fingerprint density at radius 1 is 1.24 bits per heavy atom. The van der Waals surface area contributed by atoms with E-state index >= 15 is 0 Å². The summed E-state index contributed by atoms with van der Waals surface area (Å²) in [5.41, 5.74) is 1.30. The minimum absolute atomic E-state index is 0.520. The van der Waals surface area contributed by atoms with Crippen LogP contribution in [0.2, 0.25) is 0 Å². The van der Waals surface area contributed by atoms with Crippen LogP contribution in [0.25, 0.3) is 0 Å². The van der Waals surface area contributed by atoms with Crippen LogP contribution in [0.3, 0.4) is 0 Å². The average Bonchev–Trinajstić information content (AvgIpc) is 2.42. The van der Waals surface area contributed by atoms with E-state index < -0.39 is 0 Å². The largest absolute Gasteiger partial charge is 0.492 e. The molecule has 2 rings (SSSR count). The normalized spacial score (nSPS) is 15.5. The number of benzene rings is 1. The summed E-state index contributed by atoms with van der Waals surface area (Å²) in [6.45, 7) is 8.25. The van der Waals surface area contributed by atoms with Crippen molar-refractivity contribution >= 4 is 0 Å². The van der Waals surface area contributed by atoms with E-state index in [0.717, 1.165) is 31.4 Å². The molecular weight excluding hydrogens is 260 g/mol. The maximum absolute atomic E-state index is 5.83. The van der Waals surface area contributed by atoms with E-state index in [1.54, 1.807) is 0 Å². The lowest BCUT2D eigenvalue weighted by atomic mass is 9.85. The average molecular weight is 290 g/mol. The molecule has 1 saturated carbocycles. The second-order valence-corrected chi connectivity index (χ2v) is 6.59. The molecule has 0 saturated heterocycles. The molecule has 1 aromatic carbocycles. The molecular formula is C18H30N2O. The standard InChI is InChI=1S/C18H30N2O/c1-15(2)19-13-16-7-9-18(10-8-16)21-12-11-20(3)14-17-5-4-6-17/h7-10,15,17,19H,4-6,11-14H2,1-3H3. The molecule has 1 aromatic rings. The molecule has 1 fully saturated rings. The Kier molecular flexibility index (Phi) is 6.52. The van der Waals surface area contributed by atoms with Crippen molar-refractivity contribution < 1.29 is 4.74 Å². The van der Waals surface area contributed by atoms with Gasteiger partial charge in [-0.25, -0.2) is 0 Å². The zero-order valence-electron chi connectivity index (χ0n) is 13.8. The number of ether oxygens (including phenoxy) is 1. The number of nitrogens with zero attached hydrogens (tertiary/aromatic N) is 1. The van der Waals surface area contributed by atoms with Crippen LogP contribution < -0.4 is 10.1 Å². The van der Waals surface area contributed by atoms with Crippen molar-refractivity contribution in [2.45, 2.75) is 45.7 Å². The SMILES string of the molecule is CC(C)NCc1ccc(OCCN(C)CC2CCC2)cc1. The van der Waals surface area contributed by atoms with Crippen molar-refractivity contribution in [3.8, 4) is 5.75 Å². The van der Waals surface area contributed by atoms with Crippen LogP contribution in [0.1, 0.15) is 38.7 Å². The van der Waals surface area contributed by atoms with Gasteiger partial charge in [0, 0.05) is 25.7 Å². The number of hydrogen-bond donors (Lipinski definition) is 1. The van der Waals surface area contributed by atoms with Crippen LogP contribution in [-0.2, 0) is 6.54 Å². The Morgan fingerprint density at radius 3 is 2.52 bits per heavy atom. The van der Waals surface area contributed by atoms with Crippen LogP contribution in [0.15, 0.2) is 24.3 Å². The van der Waals surface area contributed by atoms with Crippen LogP contribution in [0, 0.1) is 5.92 Å². The van der Waals surface area contributed by atoms with Gasteiger partial charge in [0.05, 0.1) is 0 Å². The molecule has 21 heavy (non-hydrogen) atoms. The van der Waals surface area contributed by atoms with Crippen LogP contribution in [0.4, 0.5) is 0 Å². The van der Waals surface area contributed by atoms with Crippen molar-refractivity contribution in [2.24, 2.45) is 5.92 Å². The van der Waals surface area contributed by atoms with Gasteiger partial charge < -0.3 is 15.0 Å². The van der Waals surface area contributed by atoms with E-state index in [-0.39, 0.29) is 0 Å². The first kappa shape index (κ1) is 16.3. The predicted octanol–water partition coefficient (Wildman–Crippen LogP) is 3.30. The molecule has 118 valence electrons. The summed E-state index contributed by atoms with van der Waals surface area (Å²) >= 11 is 0. The van der Waals surface area contributed by atoms with Crippen LogP contribution in [0.5, 0.6) is 5.75 Å². The molecule has 0 amide bonds. The molecule has 0 heterocycles. The third-order valence-corrected chi connectivity index (χ3v) is 4.17. The first-order valence-corrected chi connectivity index (χ1v) is 8.27. The molecule has 0 aliphatic heterocycles. The number of hydrogen-bond acceptors (Lipinski definition) is 3. The maximum atomic E-state index is 5.83. The van der Waals surface area contributed by atoms with Crippen molar-refractivity contribution in [3.05, 3.63) is 29.8 Å². The minimum Gasteiger partial charge on any atom is -0.492 e. The number of likely N-dealkylation sites (N-methyl/N-ethyl adjacent to an activating group) is 1. The quantitative estimate of drug-likeness (QED) is 0.755. The van der Waals surface area contributed by atoms with Crippen LogP contribution in [-0.4, -0.2) is 37.7 Å². The first-order valence-electron chi connectivity index (χ1n) is 8.27. The number of nitrogens with one attached hydrogen (secondary N) is 1. The smallest absolute Gasteiger partial charge is 0.119 e. The van der Waals surface area contributed by atoms with Gasteiger partial charge in [-0.05, 0) is 43.5 Å². The highest BCUT2D eigenvalue weighted by Gasteiger charge is 2.18. The summed E-state index contributed by atoms with van der Waals surface area (Å²) in [5.74, 6) is 1.91. The van der Waals surface area contributed by atoms with Gasteiger partial charge in [0.25, 0.3) is 0 Å². The zero-order valence-corrected chi connectivity index (χ0v) is 13.8. The van der Waals surface area contributed by atoms with Gasteiger partial charge in [-0.2, -0.15) is 0 Å². The van der Waals surface area contributed by atoms with E-state index in [1.807, 2.05) is 0 Å². The van der Waals surface area contributed by atoms with Crippen LogP contribution >= 0.6 is 0 Å². The lowest BCUT2D eigenvalue weighted by Crippen LogP contribution is -2.32. The molecule has 0 aromatic heterocycles. The molecule has 0 spiro atoms. The minimum atomic E-state index is 0.520. The van der Waals surface area contributed by atoms with Gasteiger partial charge in [0.15, 0.2) is 0 Å². The molecule has 3 heteroatoms. The summed E-state index contributed by atoms with van der Waals surface area (Å²) in [6.07, 6.45) is 4.25. The van der Waals surface area contributed by atoms with E-state index in [1.165, 1.54) is 31.4 Å². The third kappa shape index (κ3) is 6.06. The lowest BCUT2D eigenvalue weighted by Gasteiger charge is -2.30. The summed E-state index contributed by atoms with van der Waals surface area (Å²) in [7, 11) is 2.20. The maximum Gasteiger partial charge on any atom is 0.119 e. The van der Waals surface area contributed by atoms with Gasteiger partial charge >= 0.3 is 0 Å². The molecule has 1 aliphatic rings. The summed E-state index contributed by atoms with van der Waals surface area (Å²) < 4.78 is 5.83. The molecule has 0 unspecified atom stereocenters. The van der Waals surface area contributed by atoms with Gasteiger partial charge in [-0.1, -0.05) is 32.4 Å². The molecule has 3 nitrogen and oxygen atoms in total. The Bertz CT molecular complexity index is 398. The molecule has 0 bridgehead atoms. The number of rotatable bonds is 9. The Morgan fingerprint density at radius 2 is 1.95 bits per heavy atom. The molecule has 0 atom stereocenters. The van der Waals surface area contributed by atoms with Crippen molar-refractivity contribution in [3.63, 3.8) is 0 Å². The Balaban J connectivity index is 1.63. The lowest BCUT2D eigenvalue weighted by molar-refractivity contribution is 0.177. The summed E-state index contributed by atoms with van der Waals surface area (Å²) in [5, 5.41) is 3.42. The summed E-state index contributed by atoms with van der Waals surface area (Å²) in [6, 6.07) is 8.95. The van der Waals surface area contributed by atoms with Crippen molar-refractivity contribution in [1.29, 1.82) is 0 Å². The van der Waals surface area contributed by atoms with Gasteiger partial charge in [0.1, 0.15) is 12.4 Å². The van der Waals surface area contributed by atoms with Crippen molar-refractivity contribution in [2.75, 3.05) is 26.7 Å². The second kappa shape index (κ2) is 8.40.